The lowest BCUT2D eigenvalue weighted by molar-refractivity contribution is 0.744. The molecule has 2 nitrogen and oxygen atoms in total. The largest absolute Gasteiger partial charge is 0.333 e. The van der Waals surface area contributed by atoms with Gasteiger partial charge in [-0.1, -0.05) is 109 Å². The number of benzene rings is 4. The molecule has 0 saturated heterocycles. The van der Waals surface area contributed by atoms with Crippen molar-refractivity contribution in [3.05, 3.63) is 157 Å². The Bertz CT molecular complexity index is 1510. The predicted octanol–water partition coefficient (Wildman–Crippen LogP) is 8.81. The molecule has 8 rings (SSSR count). The fraction of sp³-hybridized carbons (Fsp3) is 0.111. The molecule has 4 unspecified atom stereocenters. The Kier molecular flexibility index (Phi) is 4.81. The second-order valence-corrected chi connectivity index (χ2v) is 10.5. The van der Waals surface area contributed by atoms with E-state index in [0.717, 1.165) is 0 Å². The van der Waals surface area contributed by atoms with Crippen LogP contribution in [0, 0.1) is 0 Å². The van der Waals surface area contributed by atoms with Gasteiger partial charge in [-0.25, -0.2) is 0 Å². The van der Waals surface area contributed by atoms with Gasteiger partial charge in [-0.15, -0.1) is 0 Å². The van der Waals surface area contributed by atoms with Crippen LogP contribution in [0.25, 0.3) is 11.1 Å². The van der Waals surface area contributed by atoms with Crippen molar-refractivity contribution < 1.29 is 0 Å². The summed E-state index contributed by atoms with van der Waals surface area (Å²) in [6, 6.07) is 36.4. The fourth-order valence-corrected chi connectivity index (χ4v) is 6.81. The van der Waals surface area contributed by atoms with Crippen LogP contribution in [0.3, 0.4) is 0 Å². The lowest BCUT2D eigenvalue weighted by Crippen LogP contribution is -2.28. The van der Waals surface area contributed by atoms with Crippen LogP contribution >= 0.6 is 0 Å². The Hall–Kier alpha value is -4.56. The second-order valence-electron chi connectivity index (χ2n) is 10.5. The van der Waals surface area contributed by atoms with Crippen molar-refractivity contribution in [3.63, 3.8) is 0 Å². The van der Waals surface area contributed by atoms with Crippen LogP contribution in [0.15, 0.2) is 146 Å². The minimum absolute atomic E-state index is 0.332. The minimum Gasteiger partial charge on any atom is -0.333 e. The third kappa shape index (κ3) is 3.20. The first-order valence-corrected chi connectivity index (χ1v) is 13.5. The van der Waals surface area contributed by atoms with Crippen LogP contribution in [0.1, 0.15) is 23.0 Å². The van der Waals surface area contributed by atoms with E-state index in [0.29, 0.717) is 23.9 Å². The third-order valence-corrected chi connectivity index (χ3v) is 8.54. The van der Waals surface area contributed by atoms with E-state index in [1.165, 1.54) is 45.0 Å². The van der Waals surface area contributed by atoms with Crippen molar-refractivity contribution in [2.45, 2.75) is 23.9 Å². The SMILES string of the molecule is C1=CC2c3ccccc3N(c3ccc(-c4ccc(N5c6ccccc6C6C=CC=CC65)cc4)cc3)C2C=C1. The molecule has 0 aromatic heterocycles. The predicted molar refractivity (Wildman–Crippen MR) is 159 cm³/mol. The highest BCUT2D eigenvalue weighted by Crippen LogP contribution is 2.49. The van der Waals surface area contributed by atoms with Gasteiger partial charge in [-0.3, -0.25) is 0 Å². The molecule has 0 amide bonds. The molecule has 38 heavy (non-hydrogen) atoms. The van der Waals surface area contributed by atoms with E-state index in [2.05, 4.69) is 155 Å². The van der Waals surface area contributed by atoms with Crippen LogP contribution in [0.4, 0.5) is 22.7 Å². The first-order chi connectivity index (χ1) is 18.9. The van der Waals surface area contributed by atoms with Crippen LogP contribution in [-0.2, 0) is 0 Å². The van der Waals surface area contributed by atoms with E-state index in [1.807, 2.05) is 0 Å². The summed E-state index contributed by atoms with van der Waals surface area (Å²) in [5.41, 5.74) is 10.4. The summed E-state index contributed by atoms with van der Waals surface area (Å²) in [6.45, 7) is 0. The molecule has 0 spiro atoms. The van der Waals surface area contributed by atoms with Crippen molar-refractivity contribution in [2.24, 2.45) is 0 Å². The summed E-state index contributed by atoms with van der Waals surface area (Å²) in [4.78, 5) is 4.97. The fourth-order valence-electron chi connectivity index (χ4n) is 6.81. The van der Waals surface area contributed by atoms with E-state index in [-0.39, 0.29) is 0 Å². The van der Waals surface area contributed by atoms with Gasteiger partial charge >= 0.3 is 0 Å². The van der Waals surface area contributed by atoms with Crippen molar-refractivity contribution in [1.29, 1.82) is 0 Å². The zero-order valence-corrected chi connectivity index (χ0v) is 21.1. The Balaban J connectivity index is 1.09. The molecular formula is C36H28N2. The highest BCUT2D eigenvalue weighted by Gasteiger charge is 2.38. The first kappa shape index (κ1) is 21.5. The monoisotopic (exact) mass is 488 g/mol. The molecule has 0 radical (unpaired) electrons. The van der Waals surface area contributed by atoms with E-state index >= 15 is 0 Å². The quantitative estimate of drug-likeness (QED) is 0.284. The number of nitrogens with zero attached hydrogens (tertiary/aromatic N) is 2. The molecule has 4 aliphatic rings. The third-order valence-electron chi connectivity index (χ3n) is 8.54. The smallest absolute Gasteiger partial charge is 0.0629 e. The normalized spacial score (nSPS) is 23.8. The molecule has 2 aliphatic carbocycles. The standard InChI is InChI=1S/C36H28N2/c1-5-13-33-29(9-1)30-10-2-6-14-34(30)37(33)27-21-17-25(18-22-27)26-19-23-28(24-20-26)38-35-15-7-3-11-31(35)32-12-4-8-16-36(32)38/h1-24,29,31,33,35H. The Morgan fingerprint density at radius 3 is 1.24 bits per heavy atom. The van der Waals surface area contributed by atoms with Gasteiger partial charge in [0.2, 0.25) is 0 Å². The van der Waals surface area contributed by atoms with Gasteiger partial charge in [0.1, 0.15) is 0 Å². The highest BCUT2D eigenvalue weighted by molar-refractivity contribution is 5.79. The Morgan fingerprint density at radius 2 is 0.789 bits per heavy atom. The lowest BCUT2D eigenvalue weighted by Gasteiger charge is -2.29. The maximum atomic E-state index is 2.49. The average molecular weight is 489 g/mol. The molecule has 2 heteroatoms. The molecule has 2 aliphatic heterocycles. The zero-order valence-electron chi connectivity index (χ0n) is 21.1. The van der Waals surface area contributed by atoms with Gasteiger partial charge in [0.05, 0.1) is 12.1 Å². The topological polar surface area (TPSA) is 6.48 Å². The van der Waals surface area contributed by atoms with Crippen molar-refractivity contribution in [3.8, 4) is 11.1 Å². The number of anilines is 4. The van der Waals surface area contributed by atoms with Gasteiger partial charge in [0.15, 0.2) is 0 Å². The van der Waals surface area contributed by atoms with Crippen molar-refractivity contribution in [1.82, 2.24) is 0 Å². The van der Waals surface area contributed by atoms with E-state index in [1.54, 1.807) is 0 Å². The summed E-state index contributed by atoms with van der Waals surface area (Å²) in [5, 5.41) is 0. The minimum atomic E-state index is 0.332. The molecule has 4 atom stereocenters. The van der Waals surface area contributed by atoms with Gasteiger partial charge in [0, 0.05) is 34.6 Å². The Morgan fingerprint density at radius 1 is 0.395 bits per heavy atom. The highest BCUT2D eigenvalue weighted by atomic mass is 15.2. The maximum Gasteiger partial charge on any atom is 0.0629 e. The molecule has 0 fully saturated rings. The molecule has 182 valence electrons. The summed E-state index contributed by atoms with van der Waals surface area (Å²) in [7, 11) is 0. The van der Waals surface area contributed by atoms with E-state index in [4.69, 9.17) is 0 Å². The summed E-state index contributed by atoms with van der Waals surface area (Å²) >= 11 is 0. The molecular weight excluding hydrogens is 460 g/mol. The summed E-state index contributed by atoms with van der Waals surface area (Å²) in [5.74, 6) is 0.821. The van der Waals surface area contributed by atoms with Crippen LogP contribution in [0.2, 0.25) is 0 Å². The first-order valence-electron chi connectivity index (χ1n) is 13.5. The van der Waals surface area contributed by atoms with E-state index in [9.17, 15) is 0 Å². The number of hydrogen-bond acceptors (Lipinski definition) is 2. The molecule has 0 bridgehead atoms. The van der Waals surface area contributed by atoms with Crippen LogP contribution in [0.5, 0.6) is 0 Å². The molecule has 4 aromatic rings. The molecule has 4 aromatic carbocycles. The summed E-state index contributed by atoms with van der Waals surface area (Å²) < 4.78 is 0. The van der Waals surface area contributed by atoms with Gasteiger partial charge in [0.25, 0.3) is 0 Å². The average Bonchev–Trinajstić information content (AvgIpc) is 3.51. The molecule has 0 saturated carbocycles. The maximum absolute atomic E-state index is 2.49. The zero-order chi connectivity index (χ0) is 25.1. The van der Waals surface area contributed by atoms with Crippen molar-refractivity contribution in [2.75, 3.05) is 9.80 Å². The summed E-state index contributed by atoms with van der Waals surface area (Å²) in [6.07, 6.45) is 18.0. The molecule has 0 N–H and O–H groups in total. The van der Waals surface area contributed by atoms with Crippen LogP contribution < -0.4 is 9.80 Å². The number of allylic oxidation sites excluding steroid dienone is 4. The number of rotatable bonds is 3. The molecule has 2 heterocycles. The number of para-hydroxylation sites is 2. The Labute approximate surface area is 224 Å². The second kappa shape index (κ2) is 8.49. The van der Waals surface area contributed by atoms with E-state index < -0.39 is 0 Å². The van der Waals surface area contributed by atoms with Crippen molar-refractivity contribution >= 4 is 22.7 Å². The number of hydrogen-bond donors (Lipinski definition) is 0. The van der Waals surface area contributed by atoms with Gasteiger partial charge < -0.3 is 9.80 Å². The van der Waals surface area contributed by atoms with Gasteiger partial charge in [-0.05, 0) is 58.7 Å². The van der Waals surface area contributed by atoms with Gasteiger partial charge in [-0.2, -0.15) is 0 Å². The lowest BCUT2D eigenvalue weighted by atomic mass is 9.91. The van der Waals surface area contributed by atoms with Crippen LogP contribution in [-0.4, -0.2) is 12.1 Å². The number of fused-ring (bicyclic) bond motifs is 6.